The number of aromatic nitrogens is 4. The van der Waals surface area contributed by atoms with Gasteiger partial charge in [-0.2, -0.15) is 0 Å². The van der Waals surface area contributed by atoms with Gasteiger partial charge in [0.2, 0.25) is 5.91 Å². The fourth-order valence-corrected chi connectivity index (χ4v) is 9.71. The molecular weight excluding hydrogens is 773 g/mol. The molecular formula is C47H56N8O6. The zero-order valence-electron chi connectivity index (χ0n) is 35.7. The van der Waals surface area contributed by atoms with Crippen molar-refractivity contribution >= 4 is 35.2 Å². The van der Waals surface area contributed by atoms with Gasteiger partial charge in [0.05, 0.1) is 50.1 Å². The Hall–Kier alpha value is -6.02. The van der Waals surface area contributed by atoms with Gasteiger partial charge < -0.3 is 39.8 Å². The summed E-state index contributed by atoms with van der Waals surface area (Å²) in [6, 6.07) is 20.8. The second kappa shape index (κ2) is 17.2. The molecule has 1 saturated carbocycles. The van der Waals surface area contributed by atoms with E-state index >= 15 is 0 Å². The molecule has 320 valence electrons. The second-order valence-corrected chi connectivity index (χ2v) is 17.5. The average Bonchev–Trinajstić information content (AvgIpc) is 4.13. The molecule has 0 spiro atoms. The lowest BCUT2D eigenvalue weighted by atomic mass is 9.85. The third kappa shape index (κ3) is 8.13. The summed E-state index contributed by atoms with van der Waals surface area (Å²) in [5.41, 5.74) is 4.94. The molecule has 14 nitrogen and oxygen atoms in total. The van der Waals surface area contributed by atoms with Crippen LogP contribution in [0.3, 0.4) is 0 Å². The first-order chi connectivity index (χ1) is 29.4. The van der Waals surface area contributed by atoms with Gasteiger partial charge in [0.15, 0.2) is 0 Å². The number of piperidine rings is 1. The van der Waals surface area contributed by atoms with E-state index in [2.05, 4.69) is 86.2 Å². The number of carbonyl (C=O) groups is 4. The lowest BCUT2D eigenvalue weighted by Gasteiger charge is -2.42. The number of fused-ring (bicyclic) bond motifs is 3. The van der Waals surface area contributed by atoms with E-state index in [1.165, 1.54) is 14.2 Å². The van der Waals surface area contributed by atoms with Crippen molar-refractivity contribution in [1.29, 1.82) is 0 Å². The number of imidazole rings is 2. The van der Waals surface area contributed by atoms with E-state index in [4.69, 9.17) is 19.4 Å². The van der Waals surface area contributed by atoms with Gasteiger partial charge in [0.1, 0.15) is 29.5 Å². The third-order valence-electron chi connectivity index (χ3n) is 13.3. The van der Waals surface area contributed by atoms with E-state index in [9.17, 15) is 19.2 Å². The lowest BCUT2D eigenvalue weighted by Crippen LogP contribution is -2.61. The van der Waals surface area contributed by atoms with Crippen LogP contribution in [0.25, 0.3) is 44.4 Å². The molecule has 3 fully saturated rings. The lowest BCUT2D eigenvalue weighted by molar-refractivity contribution is -0.135. The molecule has 2 saturated heterocycles. The van der Waals surface area contributed by atoms with Crippen molar-refractivity contribution < 1.29 is 28.7 Å². The van der Waals surface area contributed by atoms with Crippen LogP contribution in [0.5, 0.6) is 0 Å². The Morgan fingerprint density at radius 1 is 0.820 bits per heavy atom. The second-order valence-electron chi connectivity index (χ2n) is 17.5. The third-order valence-corrected chi connectivity index (χ3v) is 13.3. The van der Waals surface area contributed by atoms with Gasteiger partial charge in [-0.1, -0.05) is 76.2 Å². The highest BCUT2D eigenvalue weighted by molar-refractivity contribution is 5.91. The molecule has 61 heavy (non-hydrogen) atoms. The number of hydrogen-bond donors (Lipinski definition) is 4. The largest absolute Gasteiger partial charge is 0.453 e. The maximum atomic E-state index is 13.6. The normalized spacial score (nSPS) is 21.5. The SMILES string of the molecule is COC(=O)N[C@H](C(=O)N1CCC[C@H]1c1ncc(-c2ccc(-c3ccc4cc(-c5cnc([C@@H]6[C@H]7CC[C@H](C7)N6C[C@](C=O)(NC(=O)OC)C(C)C)[nH]5)ccc4c3)cc2)[nH]1)C(C)C. The number of likely N-dealkylation sites (tertiary alicyclic amines) is 2. The summed E-state index contributed by atoms with van der Waals surface area (Å²) in [6.07, 6.45) is 8.20. The highest BCUT2D eigenvalue weighted by Crippen LogP contribution is 2.50. The average molecular weight is 829 g/mol. The number of nitrogens with zero attached hydrogens (tertiary/aromatic N) is 4. The zero-order chi connectivity index (χ0) is 43.0. The van der Waals surface area contributed by atoms with Gasteiger partial charge in [-0.3, -0.25) is 9.69 Å². The Morgan fingerprint density at radius 3 is 2.11 bits per heavy atom. The van der Waals surface area contributed by atoms with E-state index in [1.807, 2.05) is 45.0 Å². The quantitative estimate of drug-likeness (QED) is 0.0864. The van der Waals surface area contributed by atoms with Crippen molar-refractivity contribution in [3.8, 4) is 33.6 Å². The monoisotopic (exact) mass is 828 g/mol. The fourth-order valence-electron chi connectivity index (χ4n) is 9.71. The van der Waals surface area contributed by atoms with Crippen molar-refractivity contribution in [1.82, 2.24) is 40.4 Å². The first-order valence-corrected chi connectivity index (χ1v) is 21.4. The Morgan fingerprint density at radius 2 is 1.44 bits per heavy atom. The Labute approximate surface area is 356 Å². The van der Waals surface area contributed by atoms with Gasteiger partial charge in [-0.15, -0.1) is 0 Å². The molecule has 3 aliphatic rings. The van der Waals surface area contributed by atoms with E-state index in [0.29, 0.717) is 25.0 Å². The number of amides is 3. The highest BCUT2D eigenvalue weighted by atomic mass is 16.5. The summed E-state index contributed by atoms with van der Waals surface area (Å²) < 4.78 is 9.67. The van der Waals surface area contributed by atoms with Gasteiger partial charge in [0.25, 0.3) is 0 Å². The van der Waals surface area contributed by atoms with Crippen LogP contribution in [0.4, 0.5) is 9.59 Å². The molecule has 8 rings (SSSR count). The molecule has 0 radical (unpaired) electrons. The standard InChI is InChI=1S/C47H56N8O6/c1-27(2)40(52-45(58)60-5)44(57)54-19-7-8-39(54)42-48-23-37(50-42)30-11-9-29(10-12-30)31-13-14-33-21-34(16-15-32(33)20-31)38-24-49-43(51-38)41-35-17-18-36(22-35)55(41)25-47(26-56,28(3)4)53-46(59)61-6/h9-16,20-21,23-24,26-28,35-36,39-41H,7-8,17-19,22,25H2,1-6H3,(H,48,50)(H,49,51)(H,52,58)(H,53,59)/t35-,36+,39-,40-,41-,47+/m0/s1. The number of alkyl carbamates (subject to hydrolysis) is 2. The number of methoxy groups -OCH3 is 2. The van der Waals surface area contributed by atoms with Crippen molar-refractivity contribution in [2.24, 2.45) is 17.8 Å². The van der Waals surface area contributed by atoms with Crippen molar-refractivity contribution in [3.63, 3.8) is 0 Å². The fraction of sp³-hybridized carbons (Fsp3) is 0.447. The molecule has 14 heteroatoms. The zero-order valence-corrected chi connectivity index (χ0v) is 35.7. The topological polar surface area (TPSA) is 175 Å². The Kier molecular flexibility index (Phi) is 11.7. The number of ether oxygens (including phenoxy) is 2. The van der Waals surface area contributed by atoms with E-state index in [0.717, 1.165) is 94.5 Å². The van der Waals surface area contributed by atoms with Crippen LogP contribution in [0.15, 0.2) is 73.1 Å². The van der Waals surface area contributed by atoms with Crippen LogP contribution in [-0.2, 0) is 19.1 Å². The molecule has 2 aromatic heterocycles. The minimum absolute atomic E-state index is 0.0175. The molecule has 5 aromatic rings. The van der Waals surface area contributed by atoms with Gasteiger partial charge in [0, 0.05) is 24.7 Å². The minimum atomic E-state index is -1.08. The molecule has 4 N–H and O–H groups in total. The van der Waals surface area contributed by atoms with Crippen molar-refractivity contribution in [3.05, 3.63) is 84.7 Å². The number of aldehydes is 1. The highest BCUT2D eigenvalue weighted by Gasteiger charge is 2.51. The van der Waals surface area contributed by atoms with E-state index in [1.54, 1.807) is 0 Å². The predicted octanol–water partition coefficient (Wildman–Crippen LogP) is 7.81. The van der Waals surface area contributed by atoms with Crippen LogP contribution < -0.4 is 10.6 Å². The number of H-pyrrole nitrogens is 2. The first kappa shape index (κ1) is 41.7. The number of aromatic amines is 2. The number of nitrogens with one attached hydrogen (secondary N) is 4. The van der Waals surface area contributed by atoms with Crippen molar-refractivity contribution in [2.45, 2.75) is 89.5 Å². The number of carbonyl (C=O) groups excluding carboxylic acids is 4. The van der Waals surface area contributed by atoms with Gasteiger partial charge >= 0.3 is 12.2 Å². The molecule has 2 aliphatic heterocycles. The summed E-state index contributed by atoms with van der Waals surface area (Å²) in [6.45, 7) is 8.70. The van der Waals surface area contributed by atoms with Crippen LogP contribution in [0, 0.1) is 17.8 Å². The Balaban J connectivity index is 0.956. The molecule has 2 bridgehead atoms. The Bertz CT molecular complexity index is 2410. The number of hydrogen-bond acceptors (Lipinski definition) is 9. The van der Waals surface area contributed by atoms with Crippen LogP contribution in [0.2, 0.25) is 0 Å². The van der Waals surface area contributed by atoms with Crippen LogP contribution in [0.1, 0.15) is 83.5 Å². The van der Waals surface area contributed by atoms with Crippen molar-refractivity contribution in [2.75, 3.05) is 27.3 Å². The molecule has 3 amide bonds. The summed E-state index contributed by atoms with van der Waals surface area (Å²) in [4.78, 5) is 71.4. The summed E-state index contributed by atoms with van der Waals surface area (Å²) in [5.74, 6) is 1.66. The molecule has 3 aromatic carbocycles. The maximum Gasteiger partial charge on any atom is 0.407 e. The molecule has 6 atom stereocenters. The van der Waals surface area contributed by atoms with Gasteiger partial charge in [-0.05, 0) is 89.5 Å². The number of rotatable bonds is 13. The summed E-state index contributed by atoms with van der Waals surface area (Å²) >= 11 is 0. The van der Waals surface area contributed by atoms with E-state index in [-0.39, 0.29) is 29.8 Å². The van der Waals surface area contributed by atoms with Crippen LogP contribution >= 0.6 is 0 Å². The maximum absolute atomic E-state index is 13.6. The molecule has 1 aliphatic carbocycles. The summed E-state index contributed by atoms with van der Waals surface area (Å²) in [5, 5.41) is 7.80. The number of benzene rings is 3. The van der Waals surface area contributed by atoms with Gasteiger partial charge in [-0.25, -0.2) is 19.6 Å². The molecule has 4 heterocycles. The predicted molar refractivity (Wildman–Crippen MR) is 232 cm³/mol. The smallest absolute Gasteiger partial charge is 0.407 e. The summed E-state index contributed by atoms with van der Waals surface area (Å²) in [7, 11) is 2.61. The van der Waals surface area contributed by atoms with Crippen LogP contribution in [-0.4, -0.2) is 99.0 Å². The van der Waals surface area contributed by atoms with E-state index < -0.39 is 23.8 Å². The first-order valence-electron chi connectivity index (χ1n) is 21.4. The minimum Gasteiger partial charge on any atom is -0.453 e. The molecule has 0 unspecified atom stereocenters.